The van der Waals surface area contributed by atoms with Crippen molar-refractivity contribution < 1.29 is 0 Å². The summed E-state index contributed by atoms with van der Waals surface area (Å²) >= 11 is 2.07. The van der Waals surface area contributed by atoms with Crippen molar-refractivity contribution in [3.8, 4) is 0 Å². The van der Waals surface area contributed by atoms with Crippen LogP contribution in [0.3, 0.4) is 0 Å². The fourth-order valence-corrected chi connectivity index (χ4v) is 3.16. The molecule has 0 aromatic heterocycles. The molecule has 1 heteroatoms. The lowest BCUT2D eigenvalue weighted by Gasteiger charge is -2.37. The van der Waals surface area contributed by atoms with Crippen molar-refractivity contribution in [2.24, 2.45) is 0 Å². The maximum Gasteiger partial charge on any atom is 0.0604 e. The Morgan fingerprint density at radius 1 is 1.25 bits per heavy atom. The van der Waals surface area contributed by atoms with Crippen molar-refractivity contribution in [1.29, 1.82) is 0 Å². The van der Waals surface area contributed by atoms with E-state index >= 15 is 0 Å². The third-order valence-electron chi connectivity index (χ3n) is 2.78. The first-order valence-electron chi connectivity index (χ1n) is 4.33. The van der Waals surface area contributed by atoms with Gasteiger partial charge in [-0.25, -0.2) is 0 Å². The maximum absolute atomic E-state index is 2.37. The highest BCUT2D eigenvalue weighted by Crippen LogP contribution is 2.54. The molecular formula is C11H10S. The third-order valence-corrected chi connectivity index (χ3v) is 4.27. The summed E-state index contributed by atoms with van der Waals surface area (Å²) < 4.78 is 0.386. The van der Waals surface area contributed by atoms with Gasteiger partial charge in [0.25, 0.3) is 0 Å². The van der Waals surface area contributed by atoms with Crippen LogP contribution >= 0.6 is 11.8 Å². The Morgan fingerprint density at radius 2 is 2.08 bits per heavy atom. The zero-order valence-corrected chi connectivity index (χ0v) is 7.60. The van der Waals surface area contributed by atoms with Crippen molar-refractivity contribution in [2.45, 2.75) is 11.2 Å². The van der Waals surface area contributed by atoms with Gasteiger partial charge in [-0.3, -0.25) is 0 Å². The summed E-state index contributed by atoms with van der Waals surface area (Å²) in [4.78, 5) is 0. The minimum atomic E-state index is 0.386. The van der Waals surface area contributed by atoms with E-state index in [4.69, 9.17) is 0 Å². The predicted octanol–water partition coefficient (Wildman–Crippen LogP) is 3.05. The predicted molar refractivity (Wildman–Crippen MR) is 54.2 cm³/mol. The molecule has 12 heavy (non-hydrogen) atoms. The van der Waals surface area contributed by atoms with E-state index in [-0.39, 0.29) is 0 Å². The molecule has 0 amide bonds. The molecule has 2 aliphatic rings. The van der Waals surface area contributed by atoms with Crippen molar-refractivity contribution in [1.82, 2.24) is 0 Å². The second kappa shape index (κ2) is 2.17. The van der Waals surface area contributed by atoms with Crippen LogP contribution in [0.5, 0.6) is 0 Å². The third kappa shape index (κ3) is 0.700. The molecule has 0 nitrogen and oxygen atoms in total. The Balaban J connectivity index is 2.19. The Morgan fingerprint density at radius 3 is 2.83 bits per heavy atom. The van der Waals surface area contributed by atoms with Gasteiger partial charge in [0.05, 0.1) is 4.75 Å². The zero-order valence-electron chi connectivity index (χ0n) is 6.79. The van der Waals surface area contributed by atoms with Crippen LogP contribution in [-0.4, -0.2) is 5.75 Å². The van der Waals surface area contributed by atoms with Crippen LogP contribution in [0.15, 0.2) is 30.3 Å². The molecule has 1 atom stereocenters. The van der Waals surface area contributed by atoms with Crippen LogP contribution in [0, 0.1) is 0 Å². The molecule has 0 saturated carbocycles. The zero-order chi connectivity index (χ0) is 8.02. The molecule has 1 saturated heterocycles. The van der Waals surface area contributed by atoms with Gasteiger partial charge in [0.1, 0.15) is 0 Å². The first-order chi connectivity index (χ1) is 5.91. The number of hydrogen-bond donors (Lipinski definition) is 0. The first kappa shape index (κ1) is 6.79. The molecule has 1 heterocycles. The molecule has 0 N–H and O–H groups in total. The summed E-state index contributed by atoms with van der Waals surface area (Å²) in [5.74, 6) is 1.32. The average Bonchev–Trinajstić information content (AvgIpc) is 2.42. The van der Waals surface area contributed by atoms with E-state index in [0.29, 0.717) is 4.75 Å². The van der Waals surface area contributed by atoms with Gasteiger partial charge in [0.15, 0.2) is 0 Å². The fourth-order valence-electron chi connectivity index (χ4n) is 2.01. The average molecular weight is 174 g/mol. The maximum atomic E-state index is 2.37. The molecule has 1 spiro atoms. The SMILES string of the molecule is C1=CC2(CCS2)c2ccccc21. The van der Waals surface area contributed by atoms with Gasteiger partial charge in [-0.05, 0) is 23.3 Å². The normalized spacial score (nSPS) is 30.3. The van der Waals surface area contributed by atoms with E-state index in [1.165, 1.54) is 23.3 Å². The van der Waals surface area contributed by atoms with Gasteiger partial charge < -0.3 is 0 Å². The molecular weight excluding hydrogens is 164 g/mol. The summed E-state index contributed by atoms with van der Waals surface area (Å²) in [5, 5.41) is 0. The quantitative estimate of drug-likeness (QED) is 0.582. The first-order valence-corrected chi connectivity index (χ1v) is 5.32. The van der Waals surface area contributed by atoms with Gasteiger partial charge in [0.2, 0.25) is 0 Å². The largest absolute Gasteiger partial charge is 0.146 e. The van der Waals surface area contributed by atoms with Crippen LogP contribution in [0.1, 0.15) is 17.5 Å². The second-order valence-electron chi connectivity index (χ2n) is 3.41. The fraction of sp³-hybridized carbons (Fsp3) is 0.273. The molecule has 0 radical (unpaired) electrons. The second-order valence-corrected chi connectivity index (χ2v) is 4.83. The summed E-state index contributed by atoms with van der Waals surface area (Å²) in [6.07, 6.45) is 5.96. The molecule has 60 valence electrons. The van der Waals surface area contributed by atoms with Crippen LogP contribution in [0.25, 0.3) is 6.08 Å². The van der Waals surface area contributed by atoms with Gasteiger partial charge in [0, 0.05) is 0 Å². The Labute approximate surface area is 76.7 Å². The summed E-state index contributed by atoms with van der Waals surface area (Å²) in [6, 6.07) is 8.74. The van der Waals surface area contributed by atoms with E-state index in [9.17, 15) is 0 Å². The highest BCUT2D eigenvalue weighted by atomic mass is 32.2. The molecule has 1 aromatic carbocycles. The topological polar surface area (TPSA) is 0 Å². The summed E-state index contributed by atoms with van der Waals surface area (Å²) in [6.45, 7) is 0. The van der Waals surface area contributed by atoms with Crippen molar-refractivity contribution in [3.05, 3.63) is 41.5 Å². The minimum Gasteiger partial charge on any atom is -0.146 e. The lowest BCUT2D eigenvalue weighted by Crippen LogP contribution is -2.27. The molecule has 0 bridgehead atoms. The Hall–Kier alpha value is -0.690. The minimum absolute atomic E-state index is 0.386. The number of fused-ring (bicyclic) bond motifs is 2. The monoisotopic (exact) mass is 174 g/mol. The summed E-state index contributed by atoms with van der Waals surface area (Å²) in [5.41, 5.74) is 2.95. The van der Waals surface area contributed by atoms with E-state index in [0.717, 1.165) is 0 Å². The van der Waals surface area contributed by atoms with Crippen LogP contribution in [0.4, 0.5) is 0 Å². The highest BCUT2D eigenvalue weighted by Gasteiger charge is 2.40. The Bertz CT molecular complexity index is 348. The highest BCUT2D eigenvalue weighted by molar-refractivity contribution is 8.01. The molecule has 1 aliphatic carbocycles. The molecule has 3 rings (SSSR count). The van der Waals surface area contributed by atoms with E-state index in [2.05, 4.69) is 48.2 Å². The number of rotatable bonds is 0. The lowest BCUT2D eigenvalue weighted by molar-refractivity contribution is 0.706. The van der Waals surface area contributed by atoms with Gasteiger partial charge in [-0.2, -0.15) is 0 Å². The van der Waals surface area contributed by atoms with Crippen molar-refractivity contribution in [2.75, 3.05) is 5.75 Å². The molecule has 1 aliphatic heterocycles. The molecule has 1 fully saturated rings. The summed E-state index contributed by atoms with van der Waals surface area (Å²) in [7, 11) is 0. The molecule has 1 unspecified atom stereocenters. The van der Waals surface area contributed by atoms with Crippen LogP contribution in [0.2, 0.25) is 0 Å². The molecule has 1 aromatic rings. The number of hydrogen-bond acceptors (Lipinski definition) is 1. The van der Waals surface area contributed by atoms with E-state index < -0.39 is 0 Å². The van der Waals surface area contributed by atoms with Crippen molar-refractivity contribution in [3.63, 3.8) is 0 Å². The number of benzene rings is 1. The van der Waals surface area contributed by atoms with Crippen molar-refractivity contribution >= 4 is 17.8 Å². The van der Waals surface area contributed by atoms with Gasteiger partial charge in [-0.15, -0.1) is 11.8 Å². The Kier molecular flexibility index (Phi) is 1.23. The van der Waals surface area contributed by atoms with E-state index in [1.54, 1.807) is 0 Å². The van der Waals surface area contributed by atoms with Gasteiger partial charge >= 0.3 is 0 Å². The van der Waals surface area contributed by atoms with E-state index in [1.807, 2.05) is 0 Å². The number of thioether (sulfide) groups is 1. The lowest BCUT2D eigenvalue weighted by atomic mass is 9.96. The van der Waals surface area contributed by atoms with Crippen LogP contribution in [-0.2, 0) is 4.75 Å². The van der Waals surface area contributed by atoms with Crippen LogP contribution < -0.4 is 0 Å². The smallest absolute Gasteiger partial charge is 0.0604 e. The van der Waals surface area contributed by atoms with Gasteiger partial charge in [-0.1, -0.05) is 36.4 Å². The standard InChI is InChI=1S/C11H10S/c1-2-4-10-9(3-1)5-6-11(10)7-8-12-11/h1-6H,7-8H2.